The molecule has 0 saturated carbocycles. The first-order valence-electron chi connectivity index (χ1n) is 13.5. The topological polar surface area (TPSA) is 56.1 Å². The summed E-state index contributed by atoms with van der Waals surface area (Å²) in [5.41, 5.74) is 5.66. The van der Waals surface area contributed by atoms with E-state index in [0.717, 1.165) is 22.3 Å². The first kappa shape index (κ1) is 24.0. The molecule has 0 saturated heterocycles. The number of hydrogen-bond donors (Lipinski definition) is 0. The highest BCUT2D eigenvalue weighted by Crippen LogP contribution is 2.42. The molecule has 0 amide bonds. The van der Waals surface area contributed by atoms with Crippen LogP contribution in [0.2, 0.25) is 0 Å². The maximum Gasteiger partial charge on any atom is 0.236 e. The maximum atomic E-state index is 6.51. The molecule has 0 aliphatic carbocycles. The van der Waals surface area contributed by atoms with Crippen LogP contribution in [0.3, 0.4) is 0 Å². The minimum atomic E-state index is -0.242. The number of nitrogens with zero attached hydrogens (tertiary/aromatic N) is 3. The average Bonchev–Trinajstić information content (AvgIpc) is 3.69. The van der Waals surface area contributed by atoms with Crippen LogP contribution in [0, 0.1) is 0 Å². The van der Waals surface area contributed by atoms with Crippen molar-refractivity contribution < 1.29 is 9.47 Å². The third kappa shape index (κ3) is 4.67. The second kappa shape index (κ2) is 10.6. The van der Waals surface area contributed by atoms with Gasteiger partial charge in [-0.2, -0.15) is 0 Å². The lowest BCUT2D eigenvalue weighted by Gasteiger charge is -2.18. The fraction of sp³-hybridized carbons (Fsp3) is 0.114. The first-order valence-corrected chi connectivity index (χ1v) is 13.5. The normalized spacial score (nSPS) is 21.7. The first-order chi connectivity index (χ1) is 19.8. The smallest absolute Gasteiger partial charge is 0.236 e. The third-order valence-electron chi connectivity index (χ3n) is 7.29. The van der Waals surface area contributed by atoms with Crippen molar-refractivity contribution in [1.29, 1.82) is 0 Å². The molecule has 0 radical (unpaired) electrons. The van der Waals surface area contributed by atoms with Crippen LogP contribution in [0.25, 0.3) is 0 Å². The SMILES string of the molecule is c1ccc([C@H]2N=C(c3cccc(C4=N[C@H](c5ccccc5)[C@H](c5ccccc5)O4)n3)O[C@H]2c2ccccc2)cc1. The van der Waals surface area contributed by atoms with E-state index in [4.69, 9.17) is 24.4 Å². The zero-order valence-electron chi connectivity index (χ0n) is 21.7. The highest BCUT2D eigenvalue weighted by atomic mass is 16.5. The van der Waals surface area contributed by atoms with Gasteiger partial charge in [-0.25, -0.2) is 15.0 Å². The summed E-state index contributed by atoms with van der Waals surface area (Å²) < 4.78 is 13.0. The Balaban J connectivity index is 1.23. The highest BCUT2D eigenvalue weighted by molar-refractivity contribution is 5.97. The van der Waals surface area contributed by atoms with Gasteiger partial charge in [0.15, 0.2) is 12.2 Å². The molecule has 194 valence electrons. The molecule has 0 unspecified atom stereocenters. The van der Waals surface area contributed by atoms with Crippen molar-refractivity contribution in [1.82, 2.24) is 4.98 Å². The van der Waals surface area contributed by atoms with Gasteiger partial charge in [-0.15, -0.1) is 0 Å². The molecule has 3 heterocycles. The Labute approximate surface area is 233 Å². The van der Waals surface area contributed by atoms with Crippen LogP contribution < -0.4 is 0 Å². The summed E-state index contributed by atoms with van der Waals surface area (Å²) in [5.74, 6) is 1.03. The third-order valence-corrected chi connectivity index (χ3v) is 7.29. The molecule has 7 rings (SSSR count). The summed E-state index contributed by atoms with van der Waals surface area (Å²) in [4.78, 5) is 15.0. The molecule has 4 aromatic carbocycles. The molecule has 1 aromatic heterocycles. The molecule has 2 aliphatic heterocycles. The number of aliphatic imine (C=N–C) groups is 2. The largest absolute Gasteiger partial charge is 0.465 e. The van der Waals surface area contributed by atoms with Crippen molar-refractivity contribution in [3.63, 3.8) is 0 Å². The number of pyridine rings is 1. The average molecular weight is 522 g/mol. The number of ether oxygens (including phenoxy) is 2. The summed E-state index contributed by atoms with van der Waals surface area (Å²) >= 11 is 0. The molecule has 0 fully saturated rings. The van der Waals surface area contributed by atoms with Crippen LogP contribution in [0.4, 0.5) is 0 Å². The lowest BCUT2D eigenvalue weighted by Crippen LogP contribution is -2.13. The summed E-state index contributed by atoms with van der Waals surface area (Å²) in [6.45, 7) is 0. The summed E-state index contributed by atoms with van der Waals surface area (Å²) in [5, 5.41) is 0. The fourth-order valence-corrected chi connectivity index (χ4v) is 5.33. The van der Waals surface area contributed by atoms with Crippen LogP contribution in [0.5, 0.6) is 0 Å². The van der Waals surface area contributed by atoms with Crippen LogP contribution >= 0.6 is 0 Å². The number of benzene rings is 4. The highest BCUT2D eigenvalue weighted by Gasteiger charge is 2.36. The molecule has 0 spiro atoms. The fourth-order valence-electron chi connectivity index (χ4n) is 5.33. The van der Waals surface area contributed by atoms with E-state index in [9.17, 15) is 0 Å². The van der Waals surface area contributed by atoms with Crippen molar-refractivity contribution in [3.05, 3.63) is 173 Å². The molecular formula is C35H27N3O2. The molecule has 4 atom stereocenters. The Kier molecular flexibility index (Phi) is 6.38. The second-order valence-corrected chi connectivity index (χ2v) is 9.89. The van der Waals surface area contributed by atoms with Crippen molar-refractivity contribution in [3.8, 4) is 0 Å². The van der Waals surface area contributed by atoms with E-state index in [-0.39, 0.29) is 24.3 Å². The van der Waals surface area contributed by atoms with Gasteiger partial charge in [0, 0.05) is 0 Å². The van der Waals surface area contributed by atoms with Gasteiger partial charge in [0.25, 0.3) is 0 Å². The minimum absolute atomic E-state index is 0.172. The molecule has 5 heteroatoms. The van der Waals surface area contributed by atoms with Gasteiger partial charge in [0.2, 0.25) is 11.8 Å². The van der Waals surface area contributed by atoms with E-state index in [1.807, 2.05) is 91.0 Å². The predicted octanol–water partition coefficient (Wildman–Crippen LogP) is 7.60. The second-order valence-electron chi connectivity index (χ2n) is 9.89. The lowest BCUT2D eigenvalue weighted by atomic mass is 9.97. The Morgan fingerprint density at radius 2 is 0.725 bits per heavy atom. The molecule has 0 N–H and O–H groups in total. The zero-order chi connectivity index (χ0) is 26.7. The van der Waals surface area contributed by atoms with E-state index in [1.165, 1.54) is 0 Å². The van der Waals surface area contributed by atoms with E-state index in [0.29, 0.717) is 23.2 Å². The van der Waals surface area contributed by atoms with E-state index < -0.39 is 0 Å². The van der Waals surface area contributed by atoms with E-state index in [2.05, 4.69) is 48.5 Å². The van der Waals surface area contributed by atoms with Crippen LogP contribution in [0.15, 0.2) is 150 Å². The van der Waals surface area contributed by atoms with Gasteiger partial charge in [-0.3, -0.25) is 0 Å². The molecule has 2 aliphatic rings. The molecular weight excluding hydrogens is 494 g/mol. The van der Waals surface area contributed by atoms with Crippen molar-refractivity contribution in [2.75, 3.05) is 0 Å². The van der Waals surface area contributed by atoms with Crippen molar-refractivity contribution >= 4 is 11.8 Å². The number of aromatic nitrogens is 1. The van der Waals surface area contributed by atoms with Crippen molar-refractivity contribution in [2.24, 2.45) is 9.98 Å². The minimum Gasteiger partial charge on any atom is -0.465 e. The monoisotopic (exact) mass is 521 g/mol. The summed E-state index contributed by atoms with van der Waals surface area (Å²) in [6, 6.07) is 46.4. The van der Waals surface area contributed by atoms with Gasteiger partial charge in [0.1, 0.15) is 23.5 Å². The summed E-state index contributed by atoms with van der Waals surface area (Å²) in [7, 11) is 0. The Morgan fingerprint density at radius 3 is 1.10 bits per heavy atom. The van der Waals surface area contributed by atoms with Gasteiger partial charge in [0.05, 0.1) is 0 Å². The summed E-state index contributed by atoms with van der Waals surface area (Å²) in [6.07, 6.45) is -0.483. The van der Waals surface area contributed by atoms with Crippen molar-refractivity contribution in [2.45, 2.75) is 24.3 Å². The molecule has 40 heavy (non-hydrogen) atoms. The van der Waals surface area contributed by atoms with Gasteiger partial charge < -0.3 is 9.47 Å². The Bertz CT molecular complexity index is 1530. The lowest BCUT2D eigenvalue weighted by molar-refractivity contribution is 0.195. The van der Waals surface area contributed by atoms with Gasteiger partial charge >= 0.3 is 0 Å². The van der Waals surface area contributed by atoms with Gasteiger partial charge in [-0.1, -0.05) is 127 Å². The zero-order valence-corrected chi connectivity index (χ0v) is 21.7. The van der Waals surface area contributed by atoms with E-state index >= 15 is 0 Å². The number of rotatable bonds is 6. The van der Waals surface area contributed by atoms with E-state index in [1.54, 1.807) is 0 Å². The standard InChI is InChI=1S/C35H27N3O2/c1-5-14-24(15-6-1)30-32(26-18-9-3-10-19-26)39-34(37-30)28-22-13-23-29(36-28)35-38-31(25-16-7-2-8-17-25)33(40-35)27-20-11-4-12-21-27/h1-23,30-33H/t30-,31-,32+,33+/m1/s1. The Morgan fingerprint density at radius 1 is 0.375 bits per heavy atom. The number of hydrogen-bond acceptors (Lipinski definition) is 5. The van der Waals surface area contributed by atoms with Gasteiger partial charge in [-0.05, 0) is 34.4 Å². The van der Waals surface area contributed by atoms with Crippen LogP contribution in [-0.4, -0.2) is 16.8 Å². The molecule has 5 nitrogen and oxygen atoms in total. The molecule has 0 bridgehead atoms. The predicted molar refractivity (Wildman–Crippen MR) is 156 cm³/mol. The Hall–Kier alpha value is -5.03. The van der Waals surface area contributed by atoms with Crippen LogP contribution in [0.1, 0.15) is 57.9 Å². The quantitative estimate of drug-likeness (QED) is 0.231. The maximum absolute atomic E-state index is 6.51. The van der Waals surface area contributed by atoms with Crippen LogP contribution in [-0.2, 0) is 9.47 Å². The molecule has 5 aromatic rings.